The van der Waals surface area contributed by atoms with Crippen LogP contribution in [-0.2, 0) is 0 Å². The fraction of sp³-hybridized carbons (Fsp3) is 0.143. The fourth-order valence-electron chi connectivity index (χ4n) is 1.07. The Morgan fingerprint density at radius 1 is 1.55 bits per heavy atom. The average molecular weight is 212 g/mol. The first kappa shape index (κ1) is 6.79. The first-order valence-electron chi connectivity index (χ1n) is 3.24. The third kappa shape index (κ3) is 1.03. The van der Waals surface area contributed by atoms with Crippen molar-refractivity contribution in [2.24, 2.45) is 0 Å². The normalized spacial score (nSPS) is 10.7. The summed E-state index contributed by atoms with van der Waals surface area (Å²) in [5, 5.41) is 7.93. The molecule has 0 saturated heterocycles. The molecular weight excluding hydrogens is 206 g/mol. The molecule has 4 heteroatoms. The number of aryl methyl sites for hydroxylation is 1. The van der Waals surface area contributed by atoms with Crippen LogP contribution in [0.25, 0.3) is 10.9 Å². The minimum atomic E-state index is 0.851. The molecular formula is C7H6BrN3. The maximum Gasteiger partial charge on any atom is 0.113 e. The van der Waals surface area contributed by atoms with Crippen molar-refractivity contribution < 1.29 is 0 Å². The van der Waals surface area contributed by atoms with Gasteiger partial charge in [-0.25, -0.2) is 4.98 Å². The van der Waals surface area contributed by atoms with Crippen molar-refractivity contribution >= 4 is 26.8 Å². The van der Waals surface area contributed by atoms with E-state index in [0.29, 0.717) is 0 Å². The molecule has 0 aliphatic rings. The Hall–Kier alpha value is -0.900. The zero-order valence-corrected chi connectivity index (χ0v) is 7.51. The Morgan fingerprint density at radius 3 is 3.18 bits per heavy atom. The molecule has 0 atom stereocenters. The molecule has 0 amide bonds. The molecule has 2 rings (SSSR count). The number of fused-ring (bicyclic) bond motifs is 1. The van der Waals surface area contributed by atoms with Gasteiger partial charge in [0.2, 0.25) is 0 Å². The smallest absolute Gasteiger partial charge is 0.113 e. The summed E-state index contributed by atoms with van der Waals surface area (Å²) in [6.07, 6.45) is 1.86. The SMILES string of the molecule is Cc1nc(Br)cc2c[nH]nc12. The molecule has 2 aromatic heterocycles. The van der Waals surface area contributed by atoms with Gasteiger partial charge in [0.25, 0.3) is 0 Å². The Bertz CT molecular complexity index is 393. The van der Waals surface area contributed by atoms with Gasteiger partial charge in [-0.1, -0.05) is 0 Å². The highest BCUT2D eigenvalue weighted by molar-refractivity contribution is 9.10. The van der Waals surface area contributed by atoms with E-state index < -0.39 is 0 Å². The number of nitrogens with one attached hydrogen (secondary N) is 1. The number of nitrogens with zero attached hydrogens (tertiary/aromatic N) is 2. The monoisotopic (exact) mass is 211 g/mol. The van der Waals surface area contributed by atoms with E-state index in [1.165, 1.54) is 0 Å². The minimum Gasteiger partial charge on any atom is -0.284 e. The van der Waals surface area contributed by atoms with Gasteiger partial charge in [-0.15, -0.1) is 0 Å². The van der Waals surface area contributed by atoms with E-state index in [1.807, 2.05) is 19.2 Å². The summed E-state index contributed by atoms with van der Waals surface area (Å²) < 4.78 is 0.851. The number of hydrogen-bond donors (Lipinski definition) is 1. The van der Waals surface area contributed by atoms with Crippen LogP contribution in [0, 0.1) is 6.92 Å². The quantitative estimate of drug-likeness (QED) is 0.678. The van der Waals surface area contributed by atoms with E-state index in [0.717, 1.165) is 21.2 Å². The van der Waals surface area contributed by atoms with Crippen molar-refractivity contribution in [3.05, 3.63) is 22.6 Å². The average Bonchev–Trinajstić information content (AvgIpc) is 2.34. The van der Waals surface area contributed by atoms with Crippen molar-refractivity contribution in [2.75, 3.05) is 0 Å². The number of halogens is 1. The molecule has 1 N–H and O–H groups in total. The number of aromatic nitrogens is 3. The predicted molar refractivity (Wildman–Crippen MR) is 46.3 cm³/mol. The number of H-pyrrole nitrogens is 1. The van der Waals surface area contributed by atoms with Gasteiger partial charge in [0.1, 0.15) is 10.1 Å². The molecule has 0 radical (unpaired) electrons. The molecule has 0 aliphatic heterocycles. The summed E-state index contributed by atoms with van der Waals surface area (Å²) in [5.41, 5.74) is 1.88. The van der Waals surface area contributed by atoms with E-state index in [-0.39, 0.29) is 0 Å². The van der Waals surface area contributed by atoms with E-state index in [2.05, 4.69) is 31.1 Å². The molecule has 56 valence electrons. The molecule has 0 fully saturated rings. The summed E-state index contributed by atoms with van der Waals surface area (Å²) in [7, 11) is 0. The zero-order chi connectivity index (χ0) is 7.84. The minimum absolute atomic E-state index is 0.851. The van der Waals surface area contributed by atoms with Gasteiger partial charge < -0.3 is 0 Å². The van der Waals surface area contributed by atoms with Gasteiger partial charge in [-0.3, -0.25) is 5.10 Å². The van der Waals surface area contributed by atoms with Crippen molar-refractivity contribution in [1.82, 2.24) is 15.2 Å². The van der Waals surface area contributed by atoms with Crippen LogP contribution in [0.3, 0.4) is 0 Å². The number of pyridine rings is 1. The van der Waals surface area contributed by atoms with Gasteiger partial charge in [-0.2, -0.15) is 5.10 Å². The second kappa shape index (κ2) is 2.30. The largest absolute Gasteiger partial charge is 0.284 e. The molecule has 2 aromatic rings. The summed E-state index contributed by atoms with van der Waals surface area (Å²) in [4.78, 5) is 4.21. The summed E-state index contributed by atoms with van der Waals surface area (Å²) in [5.74, 6) is 0. The second-order valence-electron chi connectivity index (χ2n) is 2.35. The zero-order valence-electron chi connectivity index (χ0n) is 5.93. The first-order chi connectivity index (χ1) is 5.27. The summed E-state index contributed by atoms with van der Waals surface area (Å²) >= 11 is 3.32. The highest BCUT2D eigenvalue weighted by Crippen LogP contribution is 2.17. The van der Waals surface area contributed by atoms with E-state index in [9.17, 15) is 0 Å². The van der Waals surface area contributed by atoms with Crippen LogP contribution < -0.4 is 0 Å². The molecule has 0 saturated carbocycles. The maximum atomic E-state index is 4.21. The Morgan fingerprint density at radius 2 is 2.36 bits per heavy atom. The van der Waals surface area contributed by atoms with Crippen LogP contribution in [-0.4, -0.2) is 15.2 Å². The maximum absolute atomic E-state index is 4.21. The van der Waals surface area contributed by atoms with Gasteiger partial charge in [0.15, 0.2) is 0 Å². The highest BCUT2D eigenvalue weighted by Gasteiger charge is 2.01. The van der Waals surface area contributed by atoms with E-state index in [1.54, 1.807) is 0 Å². The molecule has 0 unspecified atom stereocenters. The van der Waals surface area contributed by atoms with Crippen molar-refractivity contribution in [1.29, 1.82) is 0 Å². The van der Waals surface area contributed by atoms with Crippen LogP contribution >= 0.6 is 15.9 Å². The van der Waals surface area contributed by atoms with Crippen LogP contribution in [0.4, 0.5) is 0 Å². The first-order valence-corrected chi connectivity index (χ1v) is 4.03. The number of aromatic amines is 1. The molecule has 0 aliphatic carbocycles. The Kier molecular flexibility index (Phi) is 1.42. The number of rotatable bonds is 0. The standard InChI is InChI=1S/C7H6BrN3/c1-4-7-5(3-9-11-7)2-6(8)10-4/h2-3H,1H3,(H,9,11). The van der Waals surface area contributed by atoms with Crippen LogP contribution in [0.1, 0.15) is 5.69 Å². The van der Waals surface area contributed by atoms with Crippen molar-refractivity contribution in [3.63, 3.8) is 0 Å². The molecule has 0 aromatic carbocycles. The predicted octanol–water partition coefficient (Wildman–Crippen LogP) is 2.03. The van der Waals surface area contributed by atoms with E-state index in [4.69, 9.17) is 0 Å². The lowest BCUT2D eigenvalue weighted by Gasteiger charge is -1.93. The van der Waals surface area contributed by atoms with Gasteiger partial charge in [-0.05, 0) is 28.9 Å². The molecule has 3 nitrogen and oxygen atoms in total. The van der Waals surface area contributed by atoms with Gasteiger partial charge >= 0.3 is 0 Å². The Balaban J connectivity index is 2.91. The van der Waals surface area contributed by atoms with Crippen molar-refractivity contribution in [2.45, 2.75) is 6.92 Å². The lowest BCUT2D eigenvalue weighted by molar-refractivity contribution is 1.10. The summed E-state index contributed by atoms with van der Waals surface area (Å²) in [6.45, 7) is 1.94. The highest BCUT2D eigenvalue weighted by atomic mass is 79.9. The lowest BCUT2D eigenvalue weighted by atomic mass is 10.3. The topological polar surface area (TPSA) is 41.6 Å². The molecule has 0 spiro atoms. The third-order valence-electron chi connectivity index (χ3n) is 1.56. The van der Waals surface area contributed by atoms with E-state index >= 15 is 0 Å². The second-order valence-corrected chi connectivity index (χ2v) is 3.17. The summed E-state index contributed by atoms with van der Waals surface area (Å²) in [6, 6.07) is 1.94. The lowest BCUT2D eigenvalue weighted by Crippen LogP contribution is -1.83. The van der Waals surface area contributed by atoms with Crippen molar-refractivity contribution in [3.8, 4) is 0 Å². The number of hydrogen-bond acceptors (Lipinski definition) is 2. The fourth-order valence-corrected chi connectivity index (χ4v) is 1.59. The van der Waals surface area contributed by atoms with Crippen LogP contribution in [0.2, 0.25) is 0 Å². The Labute approximate surface area is 72.0 Å². The van der Waals surface area contributed by atoms with Gasteiger partial charge in [0, 0.05) is 11.6 Å². The van der Waals surface area contributed by atoms with Crippen LogP contribution in [0.5, 0.6) is 0 Å². The molecule has 11 heavy (non-hydrogen) atoms. The van der Waals surface area contributed by atoms with Crippen LogP contribution in [0.15, 0.2) is 16.9 Å². The molecule has 2 heterocycles. The third-order valence-corrected chi connectivity index (χ3v) is 1.97. The molecule has 0 bridgehead atoms. The van der Waals surface area contributed by atoms with Gasteiger partial charge in [0.05, 0.1) is 5.69 Å².